The van der Waals surface area contributed by atoms with Crippen LogP contribution in [-0.4, -0.2) is 64.9 Å². The second kappa shape index (κ2) is 10.2. The van der Waals surface area contributed by atoms with Crippen LogP contribution in [0.3, 0.4) is 0 Å². The summed E-state index contributed by atoms with van der Waals surface area (Å²) in [5.74, 6) is -1.01. The first-order valence-electron chi connectivity index (χ1n) is 11.2. The molecule has 30 heavy (non-hydrogen) atoms. The van der Waals surface area contributed by atoms with Crippen molar-refractivity contribution in [2.24, 2.45) is 17.6 Å². The Morgan fingerprint density at radius 1 is 1.07 bits per heavy atom. The minimum Gasteiger partial charge on any atom is -0.381 e. The zero-order valence-corrected chi connectivity index (χ0v) is 17.4. The average Bonchev–Trinajstić information content (AvgIpc) is 3.42. The normalized spacial score (nSPS) is 25.2. The van der Waals surface area contributed by atoms with Crippen molar-refractivity contribution in [3.63, 3.8) is 0 Å². The van der Waals surface area contributed by atoms with Crippen LogP contribution in [-0.2, 0) is 19.2 Å². The number of primary amides is 1. The molecule has 3 fully saturated rings. The van der Waals surface area contributed by atoms with Crippen molar-refractivity contribution in [2.45, 2.75) is 88.4 Å². The van der Waals surface area contributed by atoms with E-state index >= 15 is 0 Å². The monoisotopic (exact) mass is 422 g/mol. The molecule has 2 saturated carbocycles. The highest BCUT2D eigenvalue weighted by Crippen LogP contribution is 2.34. The maximum atomic E-state index is 13.3. The summed E-state index contributed by atoms with van der Waals surface area (Å²) in [6, 6.07) is -2.03. The van der Waals surface area contributed by atoms with Gasteiger partial charge in [0, 0.05) is 6.54 Å². The fourth-order valence-corrected chi connectivity index (χ4v) is 4.89. The molecule has 0 radical (unpaired) electrons. The molecule has 0 aromatic carbocycles. The third kappa shape index (κ3) is 5.50. The average molecular weight is 423 g/mol. The number of nitrogens with one attached hydrogen (secondary N) is 2. The van der Waals surface area contributed by atoms with Gasteiger partial charge >= 0.3 is 0 Å². The van der Waals surface area contributed by atoms with Gasteiger partial charge in [-0.2, -0.15) is 0 Å². The van der Waals surface area contributed by atoms with Gasteiger partial charge in [0.1, 0.15) is 12.1 Å². The maximum absolute atomic E-state index is 13.3. The predicted molar refractivity (Wildman–Crippen MR) is 109 cm³/mol. The molecule has 4 amide bonds. The van der Waals surface area contributed by atoms with Crippen molar-refractivity contribution in [2.75, 3.05) is 6.54 Å². The molecule has 3 aliphatic rings. The van der Waals surface area contributed by atoms with Gasteiger partial charge in [-0.05, 0) is 43.9 Å². The summed E-state index contributed by atoms with van der Waals surface area (Å²) in [5.41, 5.74) is 5.25. The smallest absolute Gasteiger partial charge is 0.248 e. The van der Waals surface area contributed by atoms with E-state index < -0.39 is 30.1 Å². The molecule has 0 aromatic rings. The highest BCUT2D eigenvalue weighted by molar-refractivity contribution is 5.92. The first kappa shape index (κ1) is 22.5. The summed E-state index contributed by atoms with van der Waals surface area (Å²) in [7, 11) is 0. The lowest BCUT2D eigenvalue weighted by atomic mass is 9.83. The molecule has 3 rings (SSSR count). The number of likely N-dealkylation sites (tertiary alicyclic amines) is 1. The molecule has 1 saturated heterocycles. The Bertz CT molecular complexity index is 647. The SMILES string of the molecule is NC(=O)C(O)C(CC1CC1)NC(=O)[C@@H]1CCCN1C(=O)[C@@H](NC=O)C1CCCCC1. The summed E-state index contributed by atoms with van der Waals surface area (Å²) < 4.78 is 0. The van der Waals surface area contributed by atoms with Gasteiger partial charge in [0.2, 0.25) is 24.1 Å². The standard InChI is InChI=1S/C21H34N4O5/c22-19(28)18(27)15(11-13-8-9-13)24-20(29)16-7-4-10-25(16)21(30)17(23-12-26)14-5-2-1-3-6-14/h12-18,27H,1-11H2,(H2,22,28)(H,23,26)(H,24,29)/t15?,16-,17-,18?/m0/s1. The summed E-state index contributed by atoms with van der Waals surface area (Å²) in [6.07, 6.45) is 7.80. The van der Waals surface area contributed by atoms with Crippen molar-refractivity contribution in [3.8, 4) is 0 Å². The lowest BCUT2D eigenvalue weighted by Crippen LogP contribution is -2.57. The molecule has 0 bridgehead atoms. The molecule has 0 spiro atoms. The Balaban J connectivity index is 1.67. The Morgan fingerprint density at radius 2 is 1.77 bits per heavy atom. The molecule has 2 aliphatic carbocycles. The first-order valence-corrected chi connectivity index (χ1v) is 11.2. The van der Waals surface area contributed by atoms with Gasteiger partial charge in [-0.1, -0.05) is 32.1 Å². The van der Waals surface area contributed by atoms with Crippen LogP contribution in [0, 0.1) is 11.8 Å². The van der Waals surface area contributed by atoms with Crippen molar-refractivity contribution >= 4 is 24.1 Å². The lowest BCUT2D eigenvalue weighted by molar-refractivity contribution is -0.143. The second-order valence-corrected chi connectivity index (χ2v) is 8.99. The minimum absolute atomic E-state index is 0.0834. The molecule has 9 heteroatoms. The van der Waals surface area contributed by atoms with Crippen LogP contribution in [0.15, 0.2) is 0 Å². The number of rotatable bonds is 10. The van der Waals surface area contributed by atoms with E-state index in [1.165, 1.54) is 0 Å². The van der Waals surface area contributed by atoms with E-state index in [-0.39, 0.29) is 17.7 Å². The van der Waals surface area contributed by atoms with E-state index in [2.05, 4.69) is 10.6 Å². The highest BCUT2D eigenvalue weighted by Gasteiger charge is 2.41. The number of hydrogen-bond acceptors (Lipinski definition) is 5. The fraction of sp³-hybridized carbons (Fsp3) is 0.810. The summed E-state index contributed by atoms with van der Waals surface area (Å²) in [4.78, 5) is 50.4. The van der Waals surface area contributed by atoms with Crippen LogP contribution >= 0.6 is 0 Å². The summed E-state index contributed by atoms with van der Waals surface area (Å²) in [5, 5.41) is 15.6. The third-order valence-corrected chi connectivity index (χ3v) is 6.76. The van der Waals surface area contributed by atoms with E-state index in [1.807, 2.05) is 0 Å². The lowest BCUT2D eigenvalue weighted by Gasteiger charge is -2.34. The molecular formula is C21H34N4O5. The van der Waals surface area contributed by atoms with E-state index in [4.69, 9.17) is 5.73 Å². The molecule has 1 heterocycles. The highest BCUT2D eigenvalue weighted by atomic mass is 16.3. The van der Waals surface area contributed by atoms with Crippen LogP contribution in [0.5, 0.6) is 0 Å². The Hall–Kier alpha value is -2.16. The quantitative estimate of drug-likeness (QED) is 0.361. The fourth-order valence-electron chi connectivity index (χ4n) is 4.89. The van der Waals surface area contributed by atoms with Crippen molar-refractivity contribution in [3.05, 3.63) is 0 Å². The van der Waals surface area contributed by atoms with Crippen LogP contribution in [0.25, 0.3) is 0 Å². The van der Waals surface area contributed by atoms with Gasteiger partial charge in [-0.15, -0.1) is 0 Å². The second-order valence-electron chi connectivity index (χ2n) is 8.99. The first-order chi connectivity index (χ1) is 14.4. The number of carbonyl (C=O) groups is 4. The molecule has 0 aromatic heterocycles. The van der Waals surface area contributed by atoms with Gasteiger partial charge in [-0.3, -0.25) is 19.2 Å². The molecule has 168 valence electrons. The van der Waals surface area contributed by atoms with E-state index in [9.17, 15) is 24.3 Å². The topological polar surface area (TPSA) is 142 Å². The maximum Gasteiger partial charge on any atom is 0.248 e. The number of aliphatic hydroxyl groups excluding tert-OH is 1. The van der Waals surface area contributed by atoms with Gasteiger partial charge in [0.25, 0.3) is 0 Å². The van der Waals surface area contributed by atoms with Crippen molar-refractivity contribution < 1.29 is 24.3 Å². The number of aliphatic hydroxyl groups is 1. The Kier molecular flexibility index (Phi) is 7.69. The van der Waals surface area contributed by atoms with E-state index in [0.717, 1.165) is 44.9 Å². The summed E-state index contributed by atoms with van der Waals surface area (Å²) in [6.45, 7) is 0.451. The largest absolute Gasteiger partial charge is 0.381 e. The van der Waals surface area contributed by atoms with E-state index in [1.54, 1.807) is 4.90 Å². The number of amides is 4. The summed E-state index contributed by atoms with van der Waals surface area (Å²) >= 11 is 0. The van der Waals surface area contributed by atoms with Gasteiger partial charge in [0.15, 0.2) is 6.10 Å². The number of nitrogens with zero attached hydrogens (tertiary/aromatic N) is 1. The minimum atomic E-state index is -1.45. The number of nitrogens with two attached hydrogens (primary N) is 1. The molecular weight excluding hydrogens is 388 g/mol. The van der Waals surface area contributed by atoms with Gasteiger partial charge < -0.3 is 26.4 Å². The zero-order valence-electron chi connectivity index (χ0n) is 17.4. The molecule has 4 atom stereocenters. The van der Waals surface area contributed by atoms with Crippen LogP contribution in [0.4, 0.5) is 0 Å². The molecule has 2 unspecified atom stereocenters. The van der Waals surface area contributed by atoms with Crippen molar-refractivity contribution in [1.82, 2.24) is 15.5 Å². The van der Waals surface area contributed by atoms with Crippen LogP contribution < -0.4 is 16.4 Å². The molecule has 1 aliphatic heterocycles. The predicted octanol–water partition coefficient (Wildman–Crippen LogP) is -0.197. The Labute approximate surface area is 177 Å². The molecule has 5 N–H and O–H groups in total. The third-order valence-electron chi connectivity index (χ3n) is 6.76. The van der Waals surface area contributed by atoms with E-state index in [0.29, 0.717) is 38.1 Å². The van der Waals surface area contributed by atoms with Gasteiger partial charge in [-0.25, -0.2) is 0 Å². The van der Waals surface area contributed by atoms with Crippen molar-refractivity contribution in [1.29, 1.82) is 0 Å². The zero-order chi connectivity index (χ0) is 21.7. The van der Waals surface area contributed by atoms with Crippen LogP contribution in [0.1, 0.15) is 64.2 Å². The molecule has 9 nitrogen and oxygen atoms in total. The van der Waals surface area contributed by atoms with Gasteiger partial charge in [0.05, 0.1) is 6.04 Å². The number of carbonyl (C=O) groups excluding carboxylic acids is 4. The number of hydrogen-bond donors (Lipinski definition) is 4. The van der Waals surface area contributed by atoms with Crippen LogP contribution in [0.2, 0.25) is 0 Å². The Morgan fingerprint density at radius 3 is 2.37 bits per heavy atom.